The highest BCUT2D eigenvalue weighted by atomic mass is 16.5. The molecule has 6 heteroatoms. The minimum atomic E-state index is -0.841. The Labute approximate surface area is 513 Å². The van der Waals surface area contributed by atoms with E-state index in [1.807, 2.05) is 6.08 Å². The van der Waals surface area contributed by atoms with Crippen LogP contribution in [0, 0.1) is 0 Å². The van der Waals surface area contributed by atoms with Gasteiger partial charge >= 0.3 is 5.97 Å². The molecule has 2 atom stereocenters. The third-order valence-electron chi connectivity index (χ3n) is 17.7. The number of rotatable bonds is 71. The molecule has 0 saturated carbocycles. The Balaban J connectivity index is 3.32. The summed E-state index contributed by atoms with van der Waals surface area (Å²) in [5, 5.41) is 23.2. The number of hydrogen-bond donors (Lipinski definition) is 3. The van der Waals surface area contributed by atoms with E-state index < -0.39 is 12.1 Å². The van der Waals surface area contributed by atoms with Crippen LogP contribution in [0.3, 0.4) is 0 Å². The number of aliphatic hydroxyl groups is 2. The van der Waals surface area contributed by atoms with Crippen molar-refractivity contribution in [3.8, 4) is 0 Å². The lowest BCUT2D eigenvalue weighted by Gasteiger charge is -2.20. The maximum atomic E-state index is 12.5. The van der Waals surface area contributed by atoms with Crippen molar-refractivity contribution in [2.24, 2.45) is 0 Å². The topological polar surface area (TPSA) is 95.9 Å². The van der Waals surface area contributed by atoms with Gasteiger partial charge in [-0.15, -0.1) is 0 Å². The molecule has 0 aliphatic rings. The summed E-state index contributed by atoms with van der Waals surface area (Å²) in [5.41, 5.74) is 0. The second kappa shape index (κ2) is 71.8. The van der Waals surface area contributed by atoms with Crippen LogP contribution in [0.15, 0.2) is 24.3 Å². The molecule has 6 nitrogen and oxygen atoms in total. The van der Waals surface area contributed by atoms with Gasteiger partial charge in [0.2, 0.25) is 5.91 Å². The van der Waals surface area contributed by atoms with Crippen molar-refractivity contribution >= 4 is 11.9 Å². The third-order valence-corrected chi connectivity index (χ3v) is 17.7. The van der Waals surface area contributed by atoms with E-state index in [0.29, 0.717) is 19.4 Å². The van der Waals surface area contributed by atoms with Gasteiger partial charge in [-0.25, -0.2) is 0 Å². The van der Waals surface area contributed by atoms with Crippen LogP contribution in [0.25, 0.3) is 0 Å². The van der Waals surface area contributed by atoms with E-state index in [-0.39, 0.29) is 18.5 Å². The summed E-state index contributed by atoms with van der Waals surface area (Å²) in [4.78, 5) is 24.6. The Hall–Kier alpha value is -1.66. The highest BCUT2D eigenvalue weighted by Crippen LogP contribution is 2.19. The molecule has 0 spiro atoms. The van der Waals surface area contributed by atoms with Crippen molar-refractivity contribution in [2.45, 2.75) is 437 Å². The van der Waals surface area contributed by atoms with Gasteiger partial charge in [0.1, 0.15) is 0 Å². The fourth-order valence-corrected chi connectivity index (χ4v) is 12.0. The number of allylic oxidation sites excluding steroid dienone is 3. The summed E-state index contributed by atoms with van der Waals surface area (Å²) in [6.07, 6.45) is 91.4. The van der Waals surface area contributed by atoms with Gasteiger partial charge in [0.15, 0.2) is 0 Å². The number of amides is 1. The first-order valence-corrected chi connectivity index (χ1v) is 37.6. The number of esters is 1. The molecule has 3 N–H and O–H groups in total. The van der Waals surface area contributed by atoms with Gasteiger partial charge in [-0.05, 0) is 57.8 Å². The number of ether oxygens (including phenoxy) is 1. The number of aliphatic hydroxyl groups excluding tert-OH is 2. The first-order valence-electron chi connectivity index (χ1n) is 37.6. The molecule has 0 rings (SSSR count). The minimum Gasteiger partial charge on any atom is -0.466 e. The van der Waals surface area contributed by atoms with Crippen LogP contribution in [0.2, 0.25) is 0 Å². The Bertz CT molecular complexity index is 1280. The van der Waals surface area contributed by atoms with Crippen LogP contribution in [-0.2, 0) is 14.3 Å². The largest absolute Gasteiger partial charge is 0.466 e. The van der Waals surface area contributed by atoms with Gasteiger partial charge in [0.25, 0.3) is 0 Å². The first kappa shape index (κ1) is 80.3. The van der Waals surface area contributed by atoms with Crippen molar-refractivity contribution in [1.29, 1.82) is 0 Å². The standard InChI is InChI=1S/C76H147NO5/c1-3-5-7-9-11-13-15-17-19-20-38-42-46-50-54-58-62-66-70-76(81)82-71-67-63-59-55-51-47-43-39-36-34-32-30-28-26-24-22-21-23-25-27-29-31-33-35-37-41-45-49-53-57-61-65-69-75(80)77-73(72-78)74(79)68-64-60-56-52-48-44-40-18-16-14-12-10-8-6-4-2/h19-20,64,68,73-74,78-79H,3-18,21-63,65-67,69-72H2,1-2H3,(H,77,80)/b20-19-,68-64+. The van der Waals surface area contributed by atoms with Crippen LogP contribution in [0.1, 0.15) is 425 Å². The average Bonchev–Trinajstić information content (AvgIpc) is 3.48. The summed E-state index contributed by atoms with van der Waals surface area (Å²) >= 11 is 0. The van der Waals surface area contributed by atoms with E-state index in [0.717, 1.165) is 44.9 Å². The molecule has 2 unspecified atom stereocenters. The number of hydrogen-bond acceptors (Lipinski definition) is 5. The Kier molecular flexibility index (Phi) is 70.4. The lowest BCUT2D eigenvalue weighted by Crippen LogP contribution is -2.45. The molecule has 1 amide bonds. The Morgan fingerprint density at radius 3 is 0.866 bits per heavy atom. The van der Waals surface area contributed by atoms with E-state index in [4.69, 9.17) is 4.74 Å². The first-order chi connectivity index (χ1) is 40.5. The van der Waals surface area contributed by atoms with E-state index in [1.54, 1.807) is 6.08 Å². The molecular weight excluding hydrogens is 1010 g/mol. The van der Waals surface area contributed by atoms with Crippen molar-refractivity contribution in [1.82, 2.24) is 5.32 Å². The summed E-state index contributed by atoms with van der Waals surface area (Å²) in [7, 11) is 0. The van der Waals surface area contributed by atoms with E-state index in [9.17, 15) is 19.8 Å². The van der Waals surface area contributed by atoms with Crippen LogP contribution >= 0.6 is 0 Å². The van der Waals surface area contributed by atoms with Gasteiger partial charge in [-0.3, -0.25) is 9.59 Å². The molecule has 0 bridgehead atoms. The second-order valence-corrected chi connectivity index (χ2v) is 26.0. The molecule has 0 aromatic rings. The number of unbranched alkanes of at least 4 members (excludes halogenated alkanes) is 58. The molecule has 82 heavy (non-hydrogen) atoms. The predicted octanol–water partition coefficient (Wildman–Crippen LogP) is 24.5. The normalized spacial score (nSPS) is 12.6. The molecule has 0 saturated heterocycles. The predicted molar refractivity (Wildman–Crippen MR) is 361 cm³/mol. The van der Waals surface area contributed by atoms with Crippen LogP contribution in [-0.4, -0.2) is 47.4 Å². The summed E-state index contributed by atoms with van der Waals surface area (Å²) in [5.74, 6) is -0.0418. The lowest BCUT2D eigenvalue weighted by atomic mass is 10.0. The zero-order chi connectivity index (χ0) is 59.2. The minimum absolute atomic E-state index is 0.0188. The average molecular weight is 1160 g/mol. The SMILES string of the molecule is CCCCCCCCC/C=C\CCCCCCCCCC(=O)OCCCCCCCCCCCCCCCCCCCCCCCCCCCCCCCCCCC(=O)NC(CO)C(O)/C=C/CCCCCCCCCCCCCCC. The van der Waals surface area contributed by atoms with Crippen LogP contribution in [0.4, 0.5) is 0 Å². The molecule has 0 radical (unpaired) electrons. The molecule has 0 aromatic heterocycles. The second-order valence-electron chi connectivity index (χ2n) is 26.0. The van der Waals surface area contributed by atoms with Crippen LogP contribution in [0.5, 0.6) is 0 Å². The van der Waals surface area contributed by atoms with E-state index in [2.05, 4.69) is 31.3 Å². The highest BCUT2D eigenvalue weighted by Gasteiger charge is 2.18. The number of carbonyl (C=O) groups excluding carboxylic acids is 2. The van der Waals surface area contributed by atoms with Gasteiger partial charge in [-0.1, -0.05) is 378 Å². The zero-order valence-electron chi connectivity index (χ0n) is 55.8. The number of carbonyl (C=O) groups is 2. The zero-order valence-corrected chi connectivity index (χ0v) is 55.8. The summed E-state index contributed by atoms with van der Waals surface area (Å²) in [6.45, 7) is 4.94. The fraction of sp³-hybridized carbons (Fsp3) is 0.921. The molecule has 0 fully saturated rings. The Morgan fingerprint density at radius 1 is 0.329 bits per heavy atom. The van der Waals surface area contributed by atoms with Crippen molar-refractivity contribution < 1.29 is 24.5 Å². The molecular formula is C76H147NO5. The maximum absolute atomic E-state index is 12.5. The third kappa shape index (κ3) is 67.5. The van der Waals surface area contributed by atoms with E-state index in [1.165, 1.54) is 353 Å². The molecule has 0 aromatic carbocycles. The number of nitrogens with one attached hydrogen (secondary N) is 1. The lowest BCUT2D eigenvalue weighted by molar-refractivity contribution is -0.143. The van der Waals surface area contributed by atoms with Crippen molar-refractivity contribution in [2.75, 3.05) is 13.2 Å². The van der Waals surface area contributed by atoms with Crippen molar-refractivity contribution in [3.05, 3.63) is 24.3 Å². The fourth-order valence-electron chi connectivity index (χ4n) is 12.0. The van der Waals surface area contributed by atoms with Gasteiger partial charge in [0.05, 0.1) is 25.4 Å². The smallest absolute Gasteiger partial charge is 0.305 e. The quantitative estimate of drug-likeness (QED) is 0.0320. The van der Waals surface area contributed by atoms with E-state index >= 15 is 0 Å². The van der Waals surface area contributed by atoms with Gasteiger partial charge < -0.3 is 20.3 Å². The molecule has 0 aliphatic carbocycles. The monoisotopic (exact) mass is 1150 g/mol. The molecule has 0 aliphatic heterocycles. The Morgan fingerprint density at radius 2 is 0.573 bits per heavy atom. The summed E-state index contributed by atoms with van der Waals surface area (Å²) < 4.78 is 5.51. The van der Waals surface area contributed by atoms with Crippen LogP contribution < -0.4 is 5.32 Å². The maximum Gasteiger partial charge on any atom is 0.305 e. The van der Waals surface area contributed by atoms with Gasteiger partial charge in [-0.2, -0.15) is 0 Å². The summed E-state index contributed by atoms with van der Waals surface area (Å²) in [6, 6.07) is -0.624. The molecule has 486 valence electrons. The molecule has 0 heterocycles. The van der Waals surface area contributed by atoms with Crippen molar-refractivity contribution in [3.63, 3.8) is 0 Å². The highest BCUT2D eigenvalue weighted by molar-refractivity contribution is 5.76. The van der Waals surface area contributed by atoms with Gasteiger partial charge in [0, 0.05) is 12.8 Å².